The van der Waals surface area contributed by atoms with Crippen LogP contribution in [-0.2, 0) is 14.3 Å². The monoisotopic (exact) mass is 414 g/mol. The Morgan fingerprint density at radius 1 is 1.46 bits per heavy atom. The number of ether oxygens (including phenoxy) is 2. The summed E-state index contributed by atoms with van der Waals surface area (Å²) in [6.45, 7) is 1.54. The SMILES string of the molecule is COC(=O)c1sccc1NC(=O)CSc1nnc(NCC2CCCO2)s1. The Hall–Kier alpha value is -1.69. The number of carbonyl (C=O) groups excluding carboxylic acids is 2. The Morgan fingerprint density at radius 2 is 2.35 bits per heavy atom. The second-order valence-corrected chi connectivity index (χ2v) is 8.50. The van der Waals surface area contributed by atoms with Crippen LogP contribution in [0.1, 0.15) is 22.5 Å². The zero-order valence-corrected chi connectivity index (χ0v) is 16.5. The minimum absolute atomic E-state index is 0.177. The van der Waals surface area contributed by atoms with Gasteiger partial charge in [0.1, 0.15) is 4.88 Å². The molecule has 0 saturated carbocycles. The van der Waals surface area contributed by atoms with Gasteiger partial charge in [0.25, 0.3) is 0 Å². The predicted octanol–water partition coefficient (Wildman–Crippen LogP) is 2.71. The summed E-state index contributed by atoms with van der Waals surface area (Å²) in [6.07, 6.45) is 2.39. The van der Waals surface area contributed by atoms with Gasteiger partial charge in [-0.05, 0) is 24.3 Å². The van der Waals surface area contributed by atoms with E-state index in [0.29, 0.717) is 26.6 Å². The van der Waals surface area contributed by atoms with E-state index in [9.17, 15) is 9.59 Å². The van der Waals surface area contributed by atoms with Crippen molar-refractivity contribution in [2.24, 2.45) is 0 Å². The number of aromatic nitrogens is 2. The summed E-state index contributed by atoms with van der Waals surface area (Å²) in [4.78, 5) is 24.1. The molecule has 0 radical (unpaired) electrons. The summed E-state index contributed by atoms with van der Waals surface area (Å²) in [5.74, 6) is -0.506. The molecule has 140 valence electrons. The van der Waals surface area contributed by atoms with Crippen molar-refractivity contribution in [3.63, 3.8) is 0 Å². The molecule has 1 amide bonds. The Bertz CT molecular complexity index is 758. The second-order valence-electron chi connectivity index (χ2n) is 5.38. The molecule has 26 heavy (non-hydrogen) atoms. The van der Waals surface area contributed by atoms with E-state index in [2.05, 4.69) is 20.8 Å². The molecule has 8 nitrogen and oxygen atoms in total. The van der Waals surface area contributed by atoms with Gasteiger partial charge in [-0.2, -0.15) is 0 Å². The van der Waals surface area contributed by atoms with Gasteiger partial charge in [-0.25, -0.2) is 4.79 Å². The van der Waals surface area contributed by atoms with Crippen LogP contribution in [0.15, 0.2) is 15.8 Å². The van der Waals surface area contributed by atoms with Crippen LogP contribution in [0.2, 0.25) is 0 Å². The van der Waals surface area contributed by atoms with Crippen molar-refractivity contribution in [1.82, 2.24) is 10.2 Å². The van der Waals surface area contributed by atoms with Crippen molar-refractivity contribution in [3.05, 3.63) is 16.3 Å². The topological polar surface area (TPSA) is 102 Å². The average molecular weight is 415 g/mol. The number of anilines is 2. The Balaban J connectivity index is 1.44. The van der Waals surface area contributed by atoms with Crippen molar-refractivity contribution in [3.8, 4) is 0 Å². The highest BCUT2D eigenvalue weighted by molar-refractivity contribution is 8.01. The minimum Gasteiger partial charge on any atom is -0.465 e. The van der Waals surface area contributed by atoms with E-state index >= 15 is 0 Å². The van der Waals surface area contributed by atoms with Crippen LogP contribution in [0.25, 0.3) is 0 Å². The number of esters is 1. The molecule has 1 aliphatic heterocycles. The number of hydrogen-bond donors (Lipinski definition) is 2. The predicted molar refractivity (Wildman–Crippen MR) is 102 cm³/mol. The van der Waals surface area contributed by atoms with Crippen LogP contribution < -0.4 is 10.6 Å². The number of thioether (sulfide) groups is 1. The normalized spacial score (nSPS) is 16.4. The maximum absolute atomic E-state index is 12.1. The number of amides is 1. The maximum atomic E-state index is 12.1. The lowest BCUT2D eigenvalue weighted by Crippen LogP contribution is -2.18. The Morgan fingerprint density at radius 3 is 3.12 bits per heavy atom. The van der Waals surface area contributed by atoms with E-state index in [-0.39, 0.29) is 17.8 Å². The molecule has 1 atom stereocenters. The number of thiophene rings is 1. The summed E-state index contributed by atoms with van der Waals surface area (Å²) < 4.78 is 10.9. The summed E-state index contributed by atoms with van der Waals surface area (Å²) in [7, 11) is 1.31. The molecule has 2 aromatic rings. The van der Waals surface area contributed by atoms with Gasteiger partial charge in [0.15, 0.2) is 4.34 Å². The van der Waals surface area contributed by atoms with Crippen molar-refractivity contribution < 1.29 is 19.1 Å². The van der Waals surface area contributed by atoms with Gasteiger partial charge >= 0.3 is 5.97 Å². The third kappa shape index (κ3) is 5.16. The van der Waals surface area contributed by atoms with Crippen LogP contribution in [0, 0.1) is 0 Å². The molecular weight excluding hydrogens is 396 g/mol. The highest BCUT2D eigenvalue weighted by atomic mass is 32.2. The quantitative estimate of drug-likeness (QED) is 0.502. The van der Waals surface area contributed by atoms with Gasteiger partial charge in [0.2, 0.25) is 11.0 Å². The number of methoxy groups -OCH3 is 1. The third-order valence-corrected chi connectivity index (χ3v) is 6.46. The Kier molecular flexibility index (Phi) is 6.83. The van der Waals surface area contributed by atoms with Crippen molar-refractivity contribution in [1.29, 1.82) is 0 Å². The molecule has 1 fully saturated rings. The van der Waals surface area contributed by atoms with E-state index < -0.39 is 5.97 Å². The fraction of sp³-hybridized carbons (Fsp3) is 0.467. The molecular formula is C15H18N4O4S3. The summed E-state index contributed by atoms with van der Waals surface area (Å²) >= 11 is 3.92. The van der Waals surface area contributed by atoms with Gasteiger partial charge in [-0.3, -0.25) is 4.79 Å². The van der Waals surface area contributed by atoms with Crippen LogP contribution in [0.4, 0.5) is 10.8 Å². The molecule has 2 N–H and O–H groups in total. The lowest BCUT2D eigenvalue weighted by Gasteiger charge is -2.08. The van der Waals surface area contributed by atoms with E-state index in [1.165, 1.54) is 41.5 Å². The van der Waals surface area contributed by atoms with E-state index in [1.54, 1.807) is 11.4 Å². The van der Waals surface area contributed by atoms with Crippen LogP contribution in [-0.4, -0.2) is 54.2 Å². The largest absolute Gasteiger partial charge is 0.465 e. The van der Waals surface area contributed by atoms with E-state index in [4.69, 9.17) is 9.47 Å². The lowest BCUT2D eigenvalue weighted by atomic mass is 10.2. The smallest absolute Gasteiger partial charge is 0.350 e. The Labute approximate surface area is 162 Å². The zero-order chi connectivity index (χ0) is 18.4. The first-order valence-electron chi connectivity index (χ1n) is 7.93. The molecule has 0 spiro atoms. The van der Waals surface area contributed by atoms with Crippen molar-refractivity contribution >= 4 is 57.1 Å². The molecule has 1 saturated heterocycles. The highest BCUT2D eigenvalue weighted by Gasteiger charge is 2.17. The standard InChI is InChI=1S/C15H18N4O4S3/c1-22-13(21)12-10(4-6-24-12)17-11(20)8-25-15-19-18-14(26-15)16-7-9-3-2-5-23-9/h4,6,9H,2-3,5,7-8H2,1H3,(H,16,18)(H,17,20). The molecule has 1 unspecified atom stereocenters. The minimum atomic E-state index is -0.464. The van der Waals surface area contributed by atoms with Crippen molar-refractivity contribution in [2.45, 2.75) is 23.3 Å². The molecule has 0 aliphatic carbocycles. The zero-order valence-electron chi connectivity index (χ0n) is 14.0. The fourth-order valence-corrected chi connectivity index (χ4v) is 4.64. The van der Waals surface area contributed by atoms with Crippen molar-refractivity contribution in [2.75, 3.05) is 36.6 Å². The average Bonchev–Trinajstić information content (AvgIpc) is 3.39. The molecule has 0 aromatic carbocycles. The molecule has 3 rings (SSSR count). The second kappa shape index (κ2) is 9.31. The van der Waals surface area contributed by atoms with Gasteiger partial charge in [0.05, 0.1) is 24.7 Å². The number of hydrogen-bond acceptors (Lipinski definition) is 10. The van der Waals surface area contributed by atoms with Crippen LogP contribution in [0.3, 0.4) is 0 Å². The van der Waals surface area contributed by atoms with E-state index in [0.717, 1.165) is 19.4 Å². The summed E-state index contributed by atoms with van der Waals surface area (Å²) in [6, 6.07) is 1.68. The van der Waals surface area contributed by atoms with Gasteiger partial charge in [-0.1, -0.05) is 23.1 Å². The summed E-state index contributed by atoms with van der Waals surface area (Å²) in [5.41, 5.74) is 0.462. The third-order valence-electron chi connectivity index (χ3n) is 3.55. The fourth-order valence-electron chi connectivity index (χ4n) is 2.32. The maximum Gasteiger partial charge on any atom is 0.350 e. The molecule has 0 bridgehead atoms. The van der Waals surface area contributed by atoms with E-state index in [1.807, 2.05) is 0 Å². The number of nitrogens with one attached hydrogen (secondary N) is 2. The molecule has 1 aliphatic rings. The molecule has 2 aromatic heterocycles. The number of rotatable bonds is 8. The lowest BCUT2D eigenvalue weighted by molar-refractivity contribution is -0.113. The molecule has 3 heterocycles. The first-order valence-corrected chi connectivity index (χ1v) is 10.6. The number of carbonyl (C=O) groups is 2. The van der Waals surface area contributed by atoms with Gasteiger partial charge in [-0.15, -0.1) is 21.5 Å². The first-order chi connectivity index (χ1) is 12.7. The summed E-state index contributed by atoms with van der Waals surface area (Å²) in [5, 5.41) is 16.5. The van der Waals surface area contributed by atoms with Crippen LogP contribution >= 0.6 is 34.4 Å². The van der Waals surface area contributed by atoms with Gasteiger partial charge in [0, 0.05) is 13.2 Å². The highest BCUT2D eigenvalue weighted by Crippen LogP contribution is 2.27. The first kappa shape index (κ1) is 19.1. The van der Waals surface area contributed by atoms with Gasteiger partial charge < -0.3 is 20.1 Å². The number of nitrogens with zero attached hydrogens (tertiary/aromatic N) is 2. The van der Waals surface area contributed by atoms with Crippen LogP contribution in [0.5, 0.6) is 0 Å². The molecule has 11 heteroatoms.